The first-order chi connectivity index (χ1) is 11.1. The van der Waals surface area contributed by atoms with Gasteiger partial charge in [0.2, 0.25) is 0 Å². The molecule has 1 aromatic carbocycles. The molecule has 2 heterocycles. The molecule has 0 radical (unpaired) electrons. The summed E-state index contributed by atoms with van der Waals surface area (Å²) in [5.74, 6) is 0. The van der Waals surface area contributed by atoms with Crippen LogP contribution in [0.3, 0.4) is 0 Å². The first-order valence-electron chi connectivity index (χ1n) is 7.53. The van der Waals surface area contributed by atoms with E-state index in [1.807, 2.05) is 48.9 Å². The lowest BCUT2D eigenvalue weighted by Gasteiger charge is -2.06. The maximum absolute atomic E-state index is 11.9. The fraction of sp³-hybridized carbons (Fsp3) is 0.312. The Balaban J connectivity index is 1.45. The highest BCUT2D eigenvalue weighted by molar-refractivity contribution is 7.22. The summed E-state index contributed by atoms with van der Waals surface area (Å²) in [6.45, 7) is 5.40. The Hall–Kier alpha value is -2.41. The van der Waals surface area contributed by atoms with Crippen molar-refractivity contribution in [2.45, 2.75) is 26.8 Å². The lowest BCUT2D eigenvalue weighted by Crippen LogP contribution is -2.30. The van der Waals surface area contributed by atoms with Gasteiger partial charge in [-0.3, -0.25) is 10.00 Å². The number of aryl methyl sites for hydroxylation is 3. The number of anilines is 1. The van der Waals surface area contributed by atoms with Crippen LogP contribution in [0, 0.1) is 13.8 Å². The van der Waals surface area contributed by atoms with Crippen LogP contribution in [-0.4, -0.2) is 27.3 Å². The van der Waals surface area contributed by atoms with Crippen LogP contribution in [0.25, 0.3) is 10.2 Å². The number of hydrogen-bond donors (Lipinski definition) is 2. The normalized spacial score (nSPS) is 10.9. The number of amides is 2. The smallest absolute Gasteiger partial charge is 0.321 e. The van der Waals surface area contributed by atoms with Gasteiger partial charge in [-0.05, 0) is 38.5 Å². The van der Waals surface area contributed by atoms with E-state index >= 15 is 0 Å². The van der Waals surface area contributed by atoms with E-state index in [1.54, 1.807) is 0 Å². The highest BCUT2D eigenvalue weighted by Gasteiger charge is 2.07. The van der Waals surface area contributed by atoms with E-state index in [1.165, 1.54) is 11.3 Å². The predicted octanol–water partition coefficient (Wildman–Crippen LogP) is 3.32. The van der Waals surface area contributed by atoms with E-state index in [9.17, 15) is 4.79 Å². The third-order valence-electron chi connectivity index (χ3n) is 3.45. The molecule has 0 atom stereocenters. The Bertz CT molecular complexity index is 790. The summed E-state index contributed by atoms with van der Waals surface area (Å²) < 4.78 is 3.02. The van der Waals surface area contributed by atoms with E-state index in [0.717, 1.165) is 34.6 Å². The number of carbonyl (C=O) groups excluding carboxylic acids is 1. The number of nitrogens with one attached hydrogen (secondary N) is 2. The van der Waals surface area contributed by atoms with Crippen molar-refractivity contribution in [2.75, 3.05) is 11.9 Å². The molecule has 23 heavy (non-hydrogen) atoms. The lowest BCUT2D eigenvalue weighted by atomic mass is 10.3. The Kier molecular flexibility index (Phi) is 4.57. The van der Waals surface area contributed by atoms with E-state index in [4.69, 9.17) is 0 Å². The van der Waals surface area contributed by atoms with Crippen LogP contribution in [-0.2, 0) is 6.54 Å². The van der Waals surface area contributed by atoms with Crippen LogP contribution in [0.2, 0.25) is 0 Å². The molecule has 0 aliphatic rings. The largest absolute Gasteiger partial charge is 0.338 e. The molecule has 0 unspecified atom stereocenters. The van der Waals surface area contributed by atoms with Gasteiger partial charge in [-0.1, -0.05) is 23.5 Å². The summed E-state index contributed by atoms with van der Waals surface area (Å²) in [7, 11) is 0. The summed E-state index contributed by atoms with van der Waals surface area (Å²) >= 11 is 1.47. The molecule has 7 heteroatoms. The van der Waals surface area contributed by atoms with Crippen LogP contribution < -0.4 is 10.6 Å². The zero-order valence-corrected chi connectivity index (χ0v) is 14.0. The van der Waals surface area contributed by atoms with Crippen molar-refractivity contribution in [3.05, 3.63) is 41.7 Å². The Morgan fingerprint density at radius 2 is 2.13 bits per heavy atom. The Labute approximate surface area is 138 Å². The van der Waals surface area contributed by atoms with E-state index < -0.39 is 0 Å². The zero-order chi connectivity index (χ0) is 16.2. The van der Waals surface area contributed by atoms with Crippen LogP contribution in [0.1, 0.15) is 17.8 Å². The topological polar surface area (TPSA) is 71.8 Å². The molecule has 2 amide bonds. The van der Waals surface area contributed by atoms with Gasteiger partial charge in [0.15, 0.2) is 5.13 Å². The molecule has 0 bridgehead atoms. The molecule has 0 saturated heterocycles. The number of benzene rings is 1. The molecular formula is C16H19N5OS. The van der Waals surface area contributed by atoms with Gasteiger partial charge in [0.05, 0.1) is 15.9 Å². The number of fused-ring (bicyclic) bond motifs is 1. The maximum atomic E-state index is 11.9. The number of carbonyl (C=O) groups is 1. The monoisotopic (exact) mass is 329 g/mol. The minimum atomic E-state index is -0.225. The summed E-state index contributed by atoms with van der Waals surface area (Å²) in [5.41, 5.74) is 3.06. The molecule has 0 saturated carbocycles. The Morgan fingerprint density at radius 1 is 1.30 bits per heavy atom. The molecular weight excluding hydrogens is 310 g/mol. The number of hydrogen-bond acceptors (Lipinski definition) is 4. The first kappa shape index (κ1) is 15.5. The van der Waals surface area contributed by atoms with Gasteiger partial charge in [0, 0.05) is 18.8 Å². The molecule has 0 spiro atoms. The number of urea groups is 1. The second-order valence-corrected chi connectivity index (χ2v) is 6.40. The van der Waals surface area contributed by atoms with Gasteiger partial charge in [-0.25, -0.2) is 9.78 Å². The summed E-state index contributed by atoms with van der Waals surface area (Å²) in [6, 6.07) is 9.65. The standard InChI is InChI=1S/C16H19N5OS/c1-11-10-12(2)21(20-11)9-5-8-17-15(22)19-16-18-13-6-3-4-7-14(13)23-16/h3-4,6-7,10H,5,8-9H2,1-2H3,(H2,17,18,19,22). The molecule has 2 aromatic heterocycles. The number of para-hydroxylation sites is 1. The molecule has 0 aliphatic heterocycles. The second-order valence-electron chi connectivity index (χ2n) is 5.37. The fourth-order valence-corrected chi connectivity index (χ4v) is 3.26. The van der Waals surface area contributed by atoms with Crippen molar-refractivity contribution in [1.29, 1.82) is 0 Å². The average molecular weight is 329 g/mol. The van der Waals surface area contributed by atoms with Gasteiger partial charge in [-0.15, -0.1) is 0 Å². The average Bonchev–Trinajstić information content (AvgIpc) is 3.05. The van der Waals surface area contributed by atoms with Crippen molar-refractivity contribution in [3.8, 4) is 0 Å². The van der Waals surface area contributed by atoms with Crippen molar-refractivity contribution in [3.63, 3.8) is 0 Å². The highest BCUT2D eigenvalue weighted by atomic mass is 32.1. The van der Waals surface area contributed by atoms with E-state index in [-0.39, 0.29) is 6.03 Å². The quantitative estimate of drug-likeness (QED) is 0.705. The highest BCUT2D eigenvalue weighted by Crippen LogP contribution is 2.25. The molecule has 3 rings (SSSR count). The van der Waals surface area contributed by atoms with Gasteiger partial charge >= 0.3 is 6.03 Å². The SMILES string of the molecule is Cc1cc(C)n(CCCNC(=O)Nc2nc3ccccc3s2)n1. The third-order valence-corrected chi connectivity index (χ3v) is 4.40. The lowest BCUT2D eigenvalue weighted by molar-refractivity contribution is 0.251. The summed E-state index contributed by atoms with van der Waals surface area (Å²) in [6.07, 6.45) is 0.829. The summed E-state index contributed by atoms with van der Waals surface area (Å²) in [4.78, 5) is 16.3. The second kappa shape index (κ2) is 6.78. The number of rotatable bonds is 5. The fourth-order valence-electron chi connectivity index (χ4n) is 2.40. The van der Waals surface area contributed by atoms with Gasteiger partial charge in [0.25, 0.3) is 0 Å². The van der Waals surface area contributed by atoms with E-state index in [0.29, 0.717) is 11.7 Å². The van der Waals surface area contributed by atoms with Crippen LogP contribution in [0.15, 0.2) is 30.3 Å². The van der Waals surface area contributed by atoms with Crippen molar-refractivity contribution < 1.29 is 4.79 Å². The molecule has 0 fully saturated rings. The maximum Gasteiger partial charge on any atom is 0.321 e. The van der Waals surface area contributed by atoms with Crippen molar-refractivity contribution in [1.82, 2.24) is 20.1 Å². The predicted molar refractivity (Wildman–Crippen MR) is 93.0 cm³/mol. The number of thiazole rings is 1. The van der Waals surface area contributed by atoms with E-state index in [2.05, 4.69) is 20.7 Å². The number of nitrogens with zero attached hydrogens (tertiary/aromatic N) is 3. The van der Waals surface area contributed by atoms with Crippen molar-refractivity contribution >= 4 is 32.7 Å². The van der Waals surface area contributed by atoms with Crippen molar-refractivity contribution in [2.24, 2.45) is 0 Å². The van der Waals surface area contributed by atoms with Gasteiger partial charge in [0.1, 0.15) is 0 Å². The molecule has 0 aliphatic carbocycles. The molecule has 120 valence electrons. The Morgan fingerprint density at radius 3 is 2.87 bits per heavy atom. The van der Waals surface area contributed by atoms with Crippen LogP contribution in [0.4, 0.5) is 9.93 Å². The summed E-state index contributed by atoms with van der Waals surface area (Å²) in [5, 5.41) is 10.6. The molecule has 3 aromatic rings. The third kappa shape index (κ3) is 3.87. The minimum absolute atomic E-state index is 0.225. The van der Waals surface area contributed by atoms with Gasteiger partial charge in [-0.2, -0.15) is 5.10 Å². The first-order valence-corrected chi connectivity index (χ1v) is 8.35. The zero-order valence-electron chi connectivity index (χ0n) is 13.2. The van der Waals surface area contributed by atoms with Gasteiger partial charge < -0.3 is 5.32 Å². The minimum Gasteiger partial charge on any atom is -0.338 e. The molecule has 2 N–H and O–H groups in total. The van der Waals surface area contributed by atoms with Crippen LogP contribution >= 0.6 is 11.3 Å². The van der Waals surface area contributed by atoms with Crippen LogP contribution in [0.5, 0.6) is 0 Å². The molecule has 6 nitrogen and oxygen atoms in total. The number of aromatic nitrogens is 3.